The summed E-state index contributed by atoms with van der Waals surface area (Å²) in [5.74, 6) is 5.41. The topological polar surface area (TPSA) is 96.7 Å². The van der Waals surface area contributed by atoms with E-state index in [0.717, 1.165) is 23.2 Å². The van der Waals surface area contributed by atoms with Crippen LogP contribution in [0.1, 0.15) is 93.5 Å². The van der Waals surface area contributed by atoms with Gasteiger partial charge in [-0.05, 0) is 68.4 Å². The third kappa shape index (κ3) is 4.83. The third-order valence-electron chi connectivity index (χ3n) is 7.73. The molecule has 6 nitrogen and oxygen atoms in total. The summed E-state index contributed by atoms with van der Waals surface area (Å²) in [6.07, 6.45) is 7.99. The van der Waals surface area contributed by atoms with Gasteiger partial charge in [-0.1, -0.05) is 56.5 Å². The monoisotopic (exact) mass is 461 g/mol. The van der Waals surface area contributed by atoms with E-state index >= 15 is 0 Å². The first-order valence-corrected chi connectivity index (χ1v) is 12.8. The number of nitrogens with two attached hydrogens (primary N) is 2. The Morgan fingerprint density at radius 1 is 1.18 bits per heavy atom. The standard InChI is InChI=1S/C28H39N5O/c1-4-5-15-26(33-18(2)9-6-10-19(33)3)22-13-8-14-25-24(22)17-23(28(34)31-25)20-11-7-12-21(16-20)27(29)32-30/h7-8,11-14,16,18-19,23,26H,4-6,9-10,15,17,30H2,1-3H3,(H2,29,32)(H,31,34). The average Bonchev–Trinajstić information content (AvgIpc) is 2.84. The minimum Gasteiger partial charge on any atom is -0.382 e. The number of likely N-dealkylation sites (tertiary alicyclic amines) is 1. The summed E-state index contributed by atoms with van der Waals surface area (Å²) in [7, 11) is 0. The Morgan fingerprint density at radius 2 is 1.91 bits per heavy atom. The molecule has 1 fully saturated rings. The van der Waals surface area contributed by atoms with Gasteiger partial charge in [0.2, 0.25) is 5.91 Å². The summed E-state index contributed by atoms with van der Waals surface area (Å²) >= 11 is 0. The van der Waals surface area contributed by atoms with Gasteiger partial charge in [-0.15, -0.1) is 0 Å². The van der Waals surface area contributed by atoms with E-state index in [9.17, 15) is 4.79 Å². The number of nitrogens with zero attached hydrogens (tertiary/aromatic N) is 2. The first-order chi connectivity index (χ1) is 16.4. The number of piperidine rings is 1. The Bertz CT molecular complexity index is 1040. The molecule has 2 heterocycles. The molecule has 0 saturated carbocycles. The molecule has 6 heteroatoms. The fourth-order valence-corrected chi connectivity index (χ4v) is 5.96. The number of unbranched alkanes of at least 4 members (excludes halogenated alkanes) is 1. The lowest BCUT2D eigenvalue weighted by Gasteiger charge is -2.45. The number of carbonyl (C=O) groups is 1. The van der Waals surface area contributed by atoms with Crippen LogP contribution in [0.25, 0.3) is 0 Å². The molecule has 2 aliphatic heterocycles. The van der Waals surface area contributed by atoms with Gasteiger partial charge in [0.25, 0.3) is 0 Å². The fraction of sp³-hybridized carbons (Fsp3) is 0.500. The van der Waals surface area contributed by atoms with E-state index in [4.69, 9.17) is 11.6 Å². The molecule has 2 aromatic carbocycles. The summed E-state index contributed by atoms with van der Waals surface area (Å²) in [6.45, 7) is 7.02. The zero-order valence-corrected chi connectivity index (χ0v) is 20.8. The van der Waals surface area contributed by atoms with Gasteiger partial charge < -0.3 is 16.9 Å². The van der Waals surface area contributed by atoms with Gasteiger partial charge in [0.1, 0.15) is 5.84 Å². The Kier molecular flexibility index (Phi) is 7.57. The van der Waals surface area contributed by atoms with Crippen molar-refractivity contribution in [2.75, 3.05) is 5.32 Å². The zero-order valence-electron chi connectivity index (χ0n) is 20.8. The first kappa shape index (κ1) is 24.3. The molecule has 0 bridgehead atoms. The van der Waals surface area contributed by atoms with Crippen molar-refractivity contribution < 1.29 is 4.79 Å². The maximum absolute atomic E-state index is 13.2. The van der Waals surface area contributed by atoms with Crippen LogP contribution in [0.5, 0.6) is 0 Å². The molecule has 0 spiro atoms. The van der Waals surface area contributed by atoms with Crippen LogP contribution in [0.15, 0.2) is 47.6 Å². The number of hydrogen-bond acceptors (Lipinski definition) is 4. The molecule has 5 N–H and O–H groups in total. The molecule has 2 aromatic rings. The molecule has 0 radical (unpaired) electrons. The molecule has 0 aliphatic carbocycles. The largest absolute Gasteiger partial charge is 0.382 e. The van der Waals surface area contributed by atoms with Crippen LogP contribution >= 0.6 is 0 Å². The van der Waals surface area contributed by atoms with Gasteiger partial charge in [-0.3, -0.25) is 9.69 Å². The lowest BCUT2D eigenvalue weighted by atomic mass is 9.81. The predicted octanol–water partition coefficient (Wildman–Crippen LogP) is 5.04. The van der Waals surface area contributed by atoms with E-state index in [0.29, 0.717) is 24.5 Å². The van der Waals surface area contributed by atoms with Gasteiger partial charge >= 0.3 is 0 Å². The van der Waals surface area contributed by atoms with Crippen LogP contribution < -0.4 is 16.9 Å². The Balaban J connectivity index is 1.73. The molecule has 4 rings (SSSR count). The Labute approximate surface area is 203 Å². The van der Waals surface area contributed by atoms with Crippen molar-refractivity contribution >= 4 is 17.4 Å². The van der Waals surface area contributed by atoms with Crippen molar-refractivity contribution in [1.29, 1.82) is 0 Å². The minimum atomic E-state index is -0.276. The average molecular weight is 462 g/mol. The number of hydrogen-bond donors (Lipinski definition) is 3. The second kappa shape index (κ2) is 10.6. The number of benzene rings is 2. The molecule has 1 amide bonds. The molecule has 182 valence electrons. The highest BCUT2D eigenvalue weighted by Crippen LogP contribution is 2.42. The number of rotatable bonds is 7. The van der Waals surface area contributed by atoms with Crippen LogP contribution in [0.3, 0.4) is 0 Å². The van der Waals surface area contributed by atoms with E-state index in [-0.39, 0.29) is 17.7 Å². The molecule has 34 heavy (non-hydrogen) atoms. The number of amides is 1. The van der Waals surface area contributed by atoms with Crippen LogP contribution in [0.4, 0.5) is 5.69 Å². The Hall–Kier alpha value is -2.86. The molecule has 4 atom stereocenters. The second-order valence-corrected chi connectivity index (χ2v) is 9.99. The summed E-state index contributed by atoms with van der Waals surface area (Å²) in [6, 6.07) is 15.6. The summed E-state index contributed by atoms with van der Waals surface area (Å²) in [4.78, 5) is 15.9. The van der Waals surface area contributed by atoms with Crippen LogP contribution in [0, 0.1) is 0 Å². The first-order valence-electron chi connectivity index (χ1n) is 12.8. The number of nitrogens with one attached hydrogen (secondary N) is 1. The maximum atomic E-state index is 13.2. The van der Waals surface area contributed by atoms with Gasteiger partial charge in [0.05, 0.1) is 5.92 Å². The summed E-state index contributed by atoms with van der Waals surface area (Å²) in [5, 5.41) is 6.82. The molecule has 0 aromatic heterocycles. The van der Waals surface area contributed by atoms with Gasteiger partial charge in [-0.2, -0.15) is 5.10 Å². The van der Waals surface area contributed by atoms with E-state index < -0.39 is 0 Å². The zero-order chi connectivity index (χ0) is 24.2. The SMILES string of the molecule is CCCCC(c1cccc2c1CC(c1cccc(/C(N)=N\N)c1)C(=O)N2)N1C(C)CCCC1C. The quantitative estimate of drug-likeness (QED) is 0.233. The summed E-state index contributed by atoms with van der Waals surface area (Å²) in [5.41, 5.74) is 11.2. The minimum absolute atomic E-state index is 0.0230. The van der Waals surface area contributed by atoms with Crippen molar-refractivity contribution in [1.82, 2.24) is 4.90 Å². The van der Waals surface area contributed by atoms with Gasteiger partial charge in [0, 0.05) is 29.4 Å². The van der Waals surface area contributed by atoms with Crippen molar-refractivity contribution in [3.05, 3.63) is 64.7 Å². The summed E-state index contributed by atoms with van der Waals surface area (Å²) < 4.78 is 0. The van der Waals surface area contributed by atoms with Gasteiger partial charge in [-0.25, -0.2) is 0 Å². The molecule has 4 unspecified atom stereocenters. The number of carbonyl (C=O) groups excluding carboxylic acids is 1. The van der Waals surface area contributed by atoms with Crippen molar-refractivity contribution in [2.45, 2.75) is 89.8 Å². The van der Waals surface area contributed by atoms with E-state index in [2.05, 4.69) is 48.2 Å². The molecular formula is C28H39N5O. The number of amidine groups is 1. The Morgan fingerprint density at radius 3 is 2.62 bits per heavy atom. The predicted molar refractivity (Wildman–Crippen MR) is 140 cm³/mol. The van der Waals surface area contributed by atoms with Crippen molar-refractivity contribution in [3.63, 3.8) is 0 Å². The molecular weight excluding hydrogens is 422 g/mol. The molecule has 1 saturated heterocycles. The number of hydrazone groups is 1. The van der Waals surface area contributed by atoms with E-state index in [1.165, 1.54) is 43.2 Å². The van der Waals surface area contributed by atoms with Crippen molar-refractivity contribution in [2.24, 2.45) is 16.7 Å². The third-order valence-corrected chi connectivity index (χ3v) is 7.73. The van der Waals surface area contributed by atoms with Crippen LogP contribution in [0.2, 0.25) is 0 Å². The van der Waals surface area contributed by atoms with Crippen molar-refractivity contribution in [3.8, 4) is 0 Å². The lowest BCUT2D eigenvalue weighted by Crippen LogP contribution is -2.46. The highest BCUT2D eigenvalue weighted by Gasteiger charge is 2.36. The second-order valence-electron chi connectivity index (χ2n) is 9.99. The van der Waals surface area contributed by atoms with Gasteiger partial charge in [0.15, 0.2) is 0 Å². The van der Waals surface area contributed by atoms with Crippen LogP contribution in [-0.2, 0) is 11.2 Å². The van der Waals surface area contributed by atoms with Crippen LogP contribution in [-0.4, -0.2) is 28.7 Å². The normalized spacial score (nSPS) is 24.4. The van der Waals surface area contributed by atoms with E-state index in [1.54, 1.807) is 0 Å². The highest BCUT2D eigenvalue weighted by molar-refractivity contribution is 6.00. The lowest BCUT2D eigenvalue weighted by molar-refractivity contribution is -0.117. The molecule has 2 aliphatic rings. The highest BCUT2D eigenvalue weighted by atomic mass is 16.1. The maximum Gasteiger partial charge on any atom is 0.232 e. The fourth-order valence-electron chi connectivity index (χ4n) is 5.96. The number of anilines is 1. The number of fused-ring (bicyclic) bond motifs is 1. The smallest absolute Gasteiger partial charge is 0.232 e. The van der Waals surface area contributed by atoms with E-state index in [1.807, 2.05) is 30.3 Å².